The average Bonchev–Trinajstić information content (AvgIpc) is 2.67. The molecule has 90 valence electrons. The topological polar surface area (TPSA) is 9.23 Å². The maximum absolute atomic E-state index is 6.56. The molecule has 0 amide bonds. The molecule has 1 heterocycles. The number of rotatable bonds is 3. The monoisotopic (exact) mass is 266 g/mol. The van der Waals surface area contributed by atoms with Crippen LogP contribution in [0.25, 0.3) is 0 Å². The van der Waals surface area contributed by atoms with Crippen molar-refractivity contribution in [1.82, 2.24) is 0 Å². The average molecular weight is 267 g/mol. The Labute approximate surface area is 111 Å². The summed E-state index contributed by atoms with van der Waals surface area (Å²) in [7, 11) is 1.68. The Balaban J connectivity index is 2.43. The first kappa shape index (κ1) is 12.5. The molecule has 0 aliphatic heterocycles. The molecule has 0 spiro atoms. The van der Waals surface area contributed by atoms with Crippen molar-refractivity contribution < 1.29 is 4.74 Å². The van der Waals surface area contributed by atoms with Crippen LogP contribution in [0.1, 0.15) is 26.3 Å². The summed E-state index contributed by atoms with van der Waals surface area (Å²) in [5.74, 6) is 0.845. The minimum Gasteiger partial charge on any atom is -0.496 e. The third-order valence-corrected chi connectivity index (χ3v) is 4.52. The number of methoxy groups -OCH3 is 1. The molecule has 3 heteroatoms. The lowest BCUT2D eigenvalue weighted by Gasteiger charge is -2.13. The van der Waals surface area contributed by atoms with Gasteiger partial charge < -0.3 is 4.74 Å². The summed E-state index contributed by atoms with van der Waals surface area (Å²) in [6.07, 6.45) is 0. The van der Waals surface area contributed by atoms with Gasteiger partial charge in [0.25, 0.3) is 0 Å². The predicted octanol–water partition coefficient (Wildman–Crippen LogP) is 4.70. The van der Waals surface area contributed by atoms with Crippen molar-refractivity contribution in [2.24, 2.45) is 0 Å². The van der Waals surface area contributed by atoms with Gasteiger partial charge in [0.2, 0.25) is 0 Å². The van der Waals surface area contributed by atoms with Crippen LogP contribution < -0.4 is 4.74 Å². The van der Waals surface area contributed by atoms with Gasteiger partial charge in [-0.25, -0.2) is 0 Å². The van der Waals surface area contributed by atoms with Crippen LogP contribution in [-0.4, -0.2) is 7.11 Å². The maximum Gasteiger partial charge on any atom is 0.123 e. The lowest BCUT2D eigenvalue weighted by Crippen LogP contribution is -1.96. The summed E-state index contributed by atoms with van der Waals surface area (Å²) < 4.78 is 5.35. The lowest BCUT2D eigenvalue weighted by molar-refractivity contribution is 0.410. The van der Waals surface area contributed by atoms with Crippen molar-refractivity contribution in [3.05, 3.63) is 51.2 Å². The molecule has 0 aliphatic carbocycles. The normalized spacial score (nSPS) is 12.5. The first-order valence-corrected chi connectivity index (χ1v) is 6.72. The Morgan fingerprint density at radius 1 is 1.24 bits per heavy atom. The summed E-state index contributed by atoms with van der Waals surface area (Å²) in [4.78, 5) is 2.49. The fourth-order valence-electron chi connectivity index (χ4n) is 1.93. The first-order chi connectivity index (χ1) is 8.13. The van der Waals surface area contributed by atoms with E-state index in [2.05, 4.69) is 19.9 Å². The summed E-state index contributed by atoms with van der Waals surface area (Å²) in [6.45, 7) is 4.20. The van der Waals surface area contributed by atoms with Crippen LogP contribution in [0.3, 0.4) is 0 Å². The second-order valence-electron chi connectivity index (χ2n) is 4.01. The van der Waals surface area contributed by atoms with Gasteiger partial charge in [-0.15, -0.1) is 22.9 Å². The molecule has 0 fully saturated rings. The van der Waals surface area contributed by atoms with E-state index in [0.29, 0.717) is 0 Å². The van der Waals surface area contributed by atoms with Crippen LogP contribution in [0.5, 0.6) is 5.75 Å². The third-order valence-electron chi connectivity index (χ3n) is 2.72. The molecule has 0 radical (unpaired) electrons. The number of aryl methyl sites for hydroxylation is 2. The molecule has 17 heavy (non-hydrogen) atoms. The third kappa shape index (κ3) is 2.48. The van der Waals surface area contributed by atoms with Crippen LogP contribution in [0.4, 0.5) is 0 Å². The van der Waals surface area contributed by atoms with E-state index in [4.69, 9.17) is 16.3 Å². The second kappa shape index (κ2) is 5.11. The molecule has 0 bridgehead atoms. The van der Waals surface area contributed by atoms with Crippen molar-refractivity contribution in [3.8, 4) is 5.75 Å². The van der Waals surface area contributed by atoms with Crippen molar-refractivity contribution in [3.63, 3.8) is 0 Å². The summed E-state index contributed by atoms with van der Waals surface area (Å²) in [5, 5.41) is -0.134. The van der Waals surface area contributed by atoms with E-state index in [1.54, 1.807) is 18.4 Å². The number of halogens is 1. The Morgan fingerprint density at radius 3 is 2.53 bits per heavy atom. The smallest absolute Gasteiger partial charge is 0.123 e. The standard InChI is InChI=1S/C14H15ClOS/c1-9-8-10(2)17-14(9)13(15)11-6-4-5-7-12(11)16-3/h4-8,13H,1-3H3. The molecule has 1 aromatic heterocycles. The Kier molecular flexibility index (Phi) is 3.75. The highest BCUT2D eigenvalue weighted by molar-refractivity contribution is 7.12. The SMILES string of the molecule is COc1ccccc1C(Cl)c1sc(C)cc1C. The lowest BCUT2D eigenvalue weighted by atomic mass is 10.1. The quantitative estimate of drug-likeness (QED) is 0.732. The molecule has 0 saturated carbocycles. The van der Waals surface area contributed by atoms with E-state index < -0.39 is 0 Å². The fourth-order valence-corrected chi connectivity index (χ4v) is 3.45. The van der Waals surface area contributed by atoms with Gasteiger partial charge in [0, 0.05) is 15.3 Å². The highest BCUT2D eigenvalue weighted by Crippen LogP contribution is 2.39. The van der Waals surface area contributed by atoms with E-state index in [1.165, 1.54) is 15.3 Å². The highest BCUT2D eigenvalue weighted by atomic mass is 35.5. The van der Waals surface area contributed by atoms with Crippen LogP contribution in [0.2, 0.25) is 0 Å². The molecule has 1 atom stereocenters. The summed E-state index contributed by atoms with van der Waals surface area (Å²) in [5.41, 5.74) is 2.28. The minimum atomic E-state index is -0.134. The number of benzene rings is 1. The zero-order valence-electron chi connectivity index (χ0n) is 10.2. The maximum atomic E-state index is 6.56. The molecule has 2 aromatic rings. The van der Waals surface area contributed by atoms with Crippen molar-refractivity contribution in [1.29, 1.82) is 0 Å². The minimum absolute atomic E-state index is 0.134. The van der Waals surface area contributed by atoms with E-state index in [1.807, 2.05) is 24.3 Å². The molecule has 1 nitrogen and oxygen atoms in total. The first-order valence-electron chi connectivity index (χ1n) is 5.47. The molecule has 0 aliphatic rings. The predicted molar refractivity (Wildman–Crippen MR) is 74.5 cm³/mol. The van der Waals surface area contributed by atoms with Crippen LogP contribution in [-0.2, 0) is 0 Å². The molecular formula is C14H15ClOS. The second-order valence-corrected chi connectivity index (χ2v) is 5.73. The number of hydrogen-bond acceptors (Lipinski definition) is 2. The fraction of sp³-hybridized carbons (Fsp3) is 0.286. The van der Waals surface area contributed by atoms with Crippen LogP contribution in [0, 0.1) is 13.8 Å². The van der Waals surface area contributed by atoms with Crippen molar-refractivity contribution in [2.45, 2.75) is 19.2 Å². The van der Waals surface area contributed by atoms with E-state index >= 15 is 0 Å². The summed E-state index contributed by atoms with van der Waals surface area (Å²) in [6, 6.07) is 10.1. The number of para-hydroxylation sites is 1. The van der Waals surface area contributed by atoms with Crippen LogP contribution in [0.15, 0.2) is 30.3 Å². The van der Waals surface area contributed by atoms with Gasteiger partial charge in [0.1, 0.15) is 5.75 Å². The van der Waals surface area contributed by atoms with Gasteiger partial charge in [-0.3, -0.25) is 0 Å². The zero-order valence-corrected chi connectivity index (χ0v) is 11.7. The van der Waals surface area contributed by atoms with Gasteiger partial charge >= 0.3 is 0 Å². The number of alkyl halides is 1. The number of hydrogen-bond donors (Lipinski definition) is 0. The zero-order chi connectivity index (χ0) is 12.4. The van der Waals surface area contributed by atoms with Gasteiger partial charge in [-0.05, 0) is 31.5 Å². The van der Waals surface area contributed by atoms with Gasteiger partial charge in [-0.2, -0.15) is 0 Å². The Morgan fingerprint density at radius 2 is 1.94 bits per heavy atom. The van der Waals surface area contributed by atoms with E-state index in [9.17, 15) is 0 Å². The van der Waals surface area contributed by atoms with E-state index in [0.717, 1.165) is 11.3 Å². The van der Waals surface area contributed by atoms with Gasteiger partial charge in [0.05, 0.1) is 12.5 Å². The Bertz CT molecular complexity index is 519. The largest absolute Gasteiger partial charge is 0.496 e. The highest BCUT2D eigenvalue weighted by Gasteiger charge is 2.18. The molecular weight excluding hydrogens is 252 g/mol. The van der Waals surface area contributed by atoms with Gasteiger partial charge in [0.15, 0.2) is 0 Å². The van der Waals surface area contributed by atoms with Crippen molar-refractivity contribution >= 4 is 22.9 Å². The summed E-state index contributed by atoms with van der Waals surface area (Å²) >= 11 is 8.31. The molecule has 0 N–H and O–H groups in total. The van der Waals surface area contributed by atoms with Crippen molar-refractivity contribution in [2.75, 3.05) is 7.11 Å². The molecule has 1 unspecified atom stereocenters. The molecule has 2 rings (SSSR count). The van der Waals surface area contributed by atoms with Gasteiger partial charge in [-0.1, -0.05) is 18.2 Å². The molecule has 1 aromatic carbocycles. The number of thiophene rings is 1. The molecule has 0 saturated heterocycles. The van der Waals surface area contributed by atoms with E-state index in [-0.39, 0.29) is 5.38 Å². The Hall–Kier alpha value is -0.990. The number of ether oxygens (including phenoxy) is 1. The van der Waals surface area contributed by atoms with Crippen LogP contribution >= 0.6 is 22.9 Å².